The Hall–Kier alpha value is -1.75. The van der Waals surface area contributed by atoms with Crippen LogP contribution in [0.1, 0.15) is 13.3 Å². The van der Waals surface area contributed by atoms with E-state index in [2.05, 4.69) is 5.32 Å². The minimum atomic E-state index is -0.911. The number of hydrogen-bond acceptors (Lipinski definition) is 4. The van der Waals surface area contributed by atoms with Crippen molar-refractivity contribution in [2.45, 2.75) is 19.1 Å². The minimum Gasteiger partial charge on any atom is -0.448 e. The van der Waals surface area contributed by atoms with Gasteiger partial charge in [-0.1, -0.05) is 12.1 Å². The van der Waals surface area contributed by atoms with Crippen molar-refractivity contribution in [2.24, 2.45) is 0 Å². The standard InChI is InChI=1S/C14H20N2O3/c1-14(10-13(17)15-8-9-16(2)3)18-11-6-4-5-7-12(11)19-14/h4-7H,8-10H2,1-3H3,(H,15,17). The average Bonchev–Trinajstić information content (AvgIpc) is 2.63. The van der Waals surface area contributed by atoms with Crippen molar-refractivity contribution in [3.05, 3.63) is 24.3 Å². The molecule has 1 amide bonds. The maximum Gasteiger partial charge on any atom is 0.257 e. The topological polar surface area (TPSA) is 50.8 Å². The van der Waals surface area contributed by atoms with E-state index in [-0.39, 0.29) is 12.3 Å². The lowest BCUT2D eigenvalue weighted by atomic mass is 10.2. The lowest BCUT2D eigenvalue weighted by molar-refractivity contribution is -0.133. The van der Waals surface area contributed by atoms with Crippen LogP contribution in [0.3, 0.4) is 0 Å². The first-order chi connectivity index (χ1) is 8.98. The molecule has 0 saturated carbocycles. The third-order valence-corrected chi connectivity index (χ3v) is 2.86. The van der Waals surface area contributed by atoms with Gasteiger partial charge in [0.1, 0.15) is 6.42 Å². The number of carbonyl (C=O) groups excluding carboxylic acids is 1. The van der Waals surface area contributed by atoms with Crippen molar-refractivity contribution in [1.82, 2.24) is 10.2 Å². The molecule has 1 aromatic rings. The molecule has 1 N–H and O–H groups in total. The Labute approximate surface area is 113 Å². The summed E-state index contributed by atoms with van der Waals surface area (Å²) in [5, 5.41) is 2.85. The van der Waals surface area contributed by atoms with E-state index in [0.717, 1.165) is 6.54 Å². The van der Waals surface area contributed by atoms with E-state index in [0.29, 0.717) is 18.0 Å². The summed E-state index contributed by atoms with van der Waals surface area (Å²) in [4.78, 5) is 13.9. The van der Waals surface area contributed by atoms with E-state index in [1.54, 1.807) is 6.92 Å². The number of hydrogen-bond donors (Lipinski definition) is 1. The maximum absolute atomic E-state index is 11.8. The van der Waals surface area contributed by atoms with Gasteiger partial charge in [-0.25, -0.2) is 0 Å². The Balaban J connectivity index is 1.85. The highest BCUT2D eigenvalue weighted by Gasteiger charge is 2.38. The van der Waals surface area contributed by atoms with E-state index in [9.17, 15) is 4.79 Å². The first-order valence-corrected chi connectivity index (χ1v) is 6.37. The molecular formula is C14H20N2O3. The number of para-hydroxylation sites is 2. The summed E-state index contributed by atoms with van der Waals surface area (Å²) < 4.78 is 11.4. The number of ether oxygens (including phenoxy) is 2. The number of nitrogens with zero attached hydrogens (tertiary/aromatic N) is 1. The van der Waals surface area contributed by atoms with Gasteiger partial charge in [0.25, 0.3) is 5.79 Å². The Kier molecular flexibility index (Phi) is 3.95. The van der Waals surface area contributed by atoms with Gasteiger partial charge in [-0.3, -0.25) is 4.79 Å². The Morgan fingerprint density at radius 2 is 1.84 bits per heavy atom. The fraction of sp³-hybridized carbons (Fsp3) is 0.500. The fourth-order valence-electron chi connectivity index (χ4n) is 1.95. The molecular weight excluding hydrogens is 244 g/mol. The molecule has 2 rings (SSSR count). The zero-order chi connectivity index (χ0) is 13.9. The van der Waals surface area contributed by atoms with Gasteiger partial charge in [0, 0.05) is 20.0 Å². The molecule has 1 heterocycles. The first-order valence-electron chi connectivity index (χ1n) is 6.37. The molecule has 5 nitrogen and oxygen atoms in total. The van der Waals surface area contributed by atoms with Crippen LogP contribution in [-0.4, -0.2) is 43.8 Å². The molecule has 0 spiro atoms. The van der Waals surface area contributed by atoms with Gasteiger partial charge in [0.2, 0.25) is 5.91 Å². The van der Waals surface area contributed by atoms with Crippen LogP contribution in [0, 0.1) is 0 Å². The Morgan fingerprint density at radius 1 is 1.26 bits per heavy atom. The summed E-state index contributed by atoms with van der Waals surface area (Å²) in [5.74, 6) is 0.389. The Morgan fingerprint density at radius 3 is 2.37 bits per heavy atom. The average molecular weight is 264 g/mol. The lowest BCUT2D eigenvalue weighted by Gasteiger charge is -2.22. The van der Waals surface area contributed by atoms with E-state index in [4.69, 9.17) is 9.47 Å². The fourth-order valence-corrected chi connectivity index (χ4v) is 1.95. The number of fused-ring (bicyclic) bond motifs is 1. The van der Waals surface area contributed by atoms with E-state index in [1.165, 1.54) is 0 Å². The van der Waals surface area contributed by atoms with Crippen molar-refractivity contribution < 1.29 is 14.3 Å². The van der Waals surface area contributed by atoms with Crippen LogP contribution in [0.5, 0.6) is 11.5 Å². The van der Waals surface area contributed by atoms with E-state index < -0.39 is 5.79 Å². The molecule has 1 aliphatic rings. The second-order valence-corrected chi connectivity index (χ2v) is 5.11. The molecule has 5 heteroatoms. The highest BCUT2D eigenvalue weighted by atomic mass is 16.7. The van der Waals surface area contributed by atoms with Crippen LogP contribution in [0.15, 0.2) is 24.3 Å². The Bertz CT molecular complexity index is 435. The van der Waals surface area contributed by atoms with Crippen LogP contribution in [0.25, 0.3) is 0 Å². The highest BCUT2D eigenvalue weighted by Crippen LogP contribution is 2.40. The third kappa shape index (κ3) is 3.61. The molecule has 0 saturated heterocycles. The number of rotatable bonds is 5. The molecule has 104 valence electrons. The molecule has 0 unspecified atom stereocenters. The molecule has 1 aliphatic heterocycles. The summed E-state index contributed by atoms with van der Waals surface area (Å²) in [6.45, 7) is 3.21. The van der Waals surface area contributed by atoms with Gasteiger partial charge in [-0.15, -0.1) is 0 Å². The van der Waals surface area contributed by atoms with Crippen LogP contribution in [0.2, 0.25) is 0 Å². The first kappa shape index (κ1) is 13.7. The smallest absolute Gasteiger partial charge is 0.257 e. The third-order valence-electron chi connectivity index (χ3n) is 2.86. The van der Waals surface area contributed by atoms with Gasteiger partial charge in [0.05, 0.1) is 0 Å². The number of benzene rings is 1. The summed E-state index contributed by atoms with van der Waals surface area (Å²) in [5.41, 5.74) is 0. The molecule has 0 aliphatic carbocycles. The monoisotopic (exact) mass is 264 g/mol. The number of likely N-dealkylation sites (N-methyl/N-ethyl adjacent to an activating group) is 1. The van der Waals surface area contributed by atoms with E-state index in [1.807, 2.05) is 43.3 Å². The van der Waals surface area contributed by atoms with Gasteiger partial charge in [0.15, 0.2) is 11.5 Å². The maximum atomic E-state index is 11.8. The van der Waals surface area contributed by atoms with Crippen LogP contribution in [-0.2, 0) is 4.79 Å². The van der Waals surface area contributed by atoms with Crippen LogP contribution in [0.4, 0.5) is 0 Å². The van der Waals surface area contributed by atoms with Crippen molar-refractivity contribution >= 4 is 5.91 Å². The van der Waals surface area contributed by atoms with Crippen molar-refractivity contribution in [3.8, 4) is 11.5 Å². The molecule has 0 fully saturated rings. The zero-order valence-electron chi connectivity index (χ0n) is 11.6. The largest absolute Gasteiger partial charge is 0.448 e. The molecule has 1 aromatic carbocycles. The van der Waals surface area contributed by atoms with Crippen LogP contribution < -0.4 is 14.8 Å². The highest BCUT2D eigenvalue weighted by molar-refractivity contribution is 5.77. The normalized spacial score (nSPS) is 15.6. The summed E-state index contributed by atoms with van der Waals surface area (Å²) >= 11 is 0. The number of nitrogens with one attached hydrogen (secondary N) is 1. The molecule has 19 heavy (non-hydrogen) atoms. The van der Waals surface area contributed by atoms with Crippen molar-refractivity contribution in [3.63, 3.8) is 0 Å². The van der Waals surface area contributed by atoms with E-state index >= 15 is 0 Å². The van der Waals surface area contributed by atoms with Gasteiger partial charge in [-0.2, -0.15) is 0 Å². The predicted molar refractivity (Wildman–Crippen MR) is 72.3 cm³/mol. The summed E-state index contributed by atoms with van der Waals surface area (Å²) in [7, 11) is 3.93. The molecule has 0 radical (unpaired) electrons. The van der Waals surface area contributed by atoms with Gasteiger partial charge < -0.3 is 19.7 Å². The quantitative estimate of drug-likeness (QED) is 0.869. The summed E-state index contributed by atoms with van der Waals surface area (Å²) in [6.07, 6.45) is 0.176. The lowest BCUT2D eigenvalue weighted by Crippen LogP contribution is -2.42. The van der Waals surface area contributed by atoms with Crippen molar-refractivity contribution in [2.75, 3.05) is 27.2 Å². The van der Waals surface area contributed by atoms with Crippen LogP contribution >= 0.6 is 0 Å². The second kappa shape index (κ2) is 5.48. The number of carbonyl (C=O) groups is 1. The number of amides is 1. The predicted octanol–water partition coefficient (Wildman–Crippen LogP) is 1.24. The van der Waals surface area contributed by atoms with Crippen molar-refractivity contribution in [1.29, 1.82) is 0 Å². The molecule has 0 aromatic heterocycles. The van der Waals surface area contributed by atoms with Gasteiger partial charge >= 0.3 is 0 Å². The minimum absolute atomic E-state index is 0.0721. The molecule has 0 atom stereocenters. The SMILES string of the molecule is CN(C)CCNC(=O)CC1(C)Oc2ccccc2O1. The van der Waals surface area contributed by atoms with Gasteiger partial charge in [-0.05, 0) is 26.2 Å². The molecule has 0 bridgehead atoms. The second-order valence-electron chi connectivity index (χ2n) is 5.11. The summed E-state index contributed by atoms with van der Waals surface area (Å²) in [6, 6.07) is 7.44. The zero-order valence-corrected chi connectivity index (χ0v) is 11.6.